The highest BCUT2D eigenvalue weighted by Gasteiger charge is 2.69. The van der Waals surface area contributed by atoms with E-state index in [9.17, 15) is 37.8 Å². The monoisotopic (exact) mass is 430 g/mol. The summed E-state index contributed by atoms with van der Waals surface area (Å²) in [7, 11) is 0. The van der Waals surface area contributed by atoms with Crippen LogP contribution >= 0.6 is 0 Å². The molecular weight excluding hydrogens is 409 g/mol. The van der Waals surface area contributed by atoms with Gasteiger partial charge >= 0.3 is 12.3 Å². The van der Waals surface area contributed by atoms with E-state index < -0.39 is 65.5 Å². The summed E-state index contributed by atoms with van der Waals surface area (Å²) in [5, 5.41) is 22.3. The third-order valence-electron chi connectivity index (χ3n) is 5.41. The number of benzene rings is 1. The van der Waals surface area contributed by atoms with Crippen molar-refractivity contribution in [3.8, 4) is 5.75 Å². The quantitative estimate of drug-likeness (QED) is 0.619. The molecule has 0 aliphatic carbocycles. The number of rotatable bonds is 4. The number of nitrogens with one attached hydrogen (secondary N) is 1. The third-order valence-corrected chi connectivity index (χ3v) is 5.41. The molecule has 2 saturated heterocycles. The van der Waals surface area contributed by atoms with Crippen LogP contribution in [0, 0.1) is 11.8 Å². The molecular formula is C19H21F3N2O6. The molecule has 4 unspecified atom stereocenters. The van der Waals surface area contributed by atoms with Crippen LogP contribution in [-0.2, 0) is 14.4 Å². The topological polar surface area (TPSA) is 116 Å². The van der Waals surface area contributed by atoms with Gasteiger partial charge in [-0.05, 0) is 38.5 Å². The number of likely N-dealkylation sites (tertiary alicyclic amines) is 1. The maximum Gasteiger partial charge on any atom is 0.573 e. The fraction of sp³-hybridized carbons (Fsp3) is 0.526. The summed E-state index contributed by atoms with van der Waals surface area (Å²) in [5.74, 6) is -6.16. The highest BCUT2D eigenvalue weighted by atomic mass is 19.4. The number of alkyl halides is 3. The number of fused-ring (bicyclic) bond motifs is 1. The number of hydrogen-bond acceptors (Lipinski definition) is 6. The first-order valence-corrected chi connectivity index (χ1v) is 9.08. The Morgan fingerprint density at radius 3 is 2.37 bits per heavy atom. The molecule has 0 aromatic heterocycles. The number of nitrogens with zero attached hydrogens (tertiary/aromatic N) is 1. The van der Waals surface area contributed by atoms with Crippen molar-refractivity contribution in [1.29, 1.82) is 0 Å². The molecule has 0 bridgehead atoms. The summed E-state index contributed by atoms with van der Waals surface area (Å²) < 4.78 is 41.7. The highest BCUT2D eigenvalue weighted by Crippen LogP contribution is 2.50. The van der Waals surface area contributed by atoms with Gasteiger partial charge in [-0.15, -0.1) is 13.2 Å². The molecule has 11 heteroatoms. The Hall–Kier alpha value is -2.66. The van der Waals surface area contributed by atoms with E-state index in [1.165, 1.54) is 12.1 Å². The first kappa shape index (κ1) is 22.0. The van der Waals surface area contributed by atoms with Gasteiger partial charge in [0.05, 0.1) is 18.4 Å². The molecule has 3 rings (SSSR count). The number of aliphatic hydroxyl groups excluding tert-OH is 1. The molecule has 0 spiro atoms. The Morgan fingerprint density at radius 2 is 1.87 bits per heavy atom. The molecule has 1 aromatic rings. The van der Waals surface area contributed by atoms with Crippen molar-refractivity contribution in [3.63, 3.8) is 0 Å². The number of aliphatic hydroxyl groups is 1. The number of halogens is 3. The molecule has 0 radical (unpaired) electrons. The summed E-state index contributed by atoms with van der Waals surface area (Å²) in [6.45, 7) is 3.82. The number of carboxylic acids is 1. The van der Waals surface area contributed by atoms with Crippen molar-refractivity contribution in [2.24, 2.45) is 11.8 Å². The Bertz CT molecular complexity index is 897. The van der Waals surface area contributed by atoms with E-state index in [1.807, 2.05) is 0 Å². The smallest absolute Gasteiger partial charge is 0.480 e. The number of amides is 2. The molecule has 0 saturated carbocycles. The van der Waals surface area contributed by atoms with Gasteiger partial charge in [-0.25, -0.2) is 0 Å². The minimum atomic E-state index is -4.94. The van der Waals surface area contributed by atoms with Gasteiger partial charge in [0.2, 0.25) is 11.8 Å². The molecule has 3 N–H and O–H groups in total. The summed E-state index contributed by atoms with van der Waals surface area (Å²) in [4.78, 5) is 39.2. The zero-order valence-electron chi connectivity index (χ0n) is 16.4. The molecule has 2 aliphatic heterocycles. The number of carbonyl (C=O) groups is 3. The number of carboxylic acid groups (broad SMARTS) is 1. The maximum atomic E-state index is 13.1. The second kappa shape index (κ2) is 6.95. The SMILES string of the molecule is CC(C)(C)N1C(=O)C2C(c3cccc(OC(F)(F)F)c3)NC(CO)(C(=O)O)C2C1=O. The average molecular weight is 430 g/mol. The minimum absolute atomic E-state index is 0.125. The lowest BCUT2D eigenvalue weighted by Crippen LogP contribution is -2.59. The predicted octanol–water partition coefficient (Wildman–Crippen LogP) is 1.44. The largest absolute Gasteiger partial charge is 0.573 e. The highest BCUT2D eigenvalue weighted by molar-refractivity contribution is 6.10. The fourth-order valence-corrected chi connectivity index (χ4v) is 4.27. The normalized spacial score (nSPS) is 29.3. The van der Waals surface area contributed by atoms with E-state index in [0.29, 0.717) is 0 Å². The number of aliphatic carboxylic acids is 1. The van der Waals surface area contributed by atoms with Crippen molar-refractivity contribution in [3.05, 3.63) is 29.8 Å². The molecule has 2 aliphatic rings. The summed E-state index contributed by atoms with van der Waals surface area (Å²) in [6, 6.07) is 3.61. The van der Waals surface area contributed by atoms with E-state index in [0.717, 1.165) is 17.0 Å². The van der Waals surface area contributed by atoms with Crippen molar-refractivity contribution < 1.29 is 42.5 Å². The van der Waals surface area contributed by atoms with Crippen LogP contribution in [0.1, 0.15) is 32.4 Å². The Labute approximate surface area is 169 Å². The van der Waals surface area contributed by atoms with Crippen molar-refractivity contribution in [1.82, 2.24) is 10.2 Å². The Balaban J connectivity index is 2.11. The molecule has 1 aromatic carbocycles. The van der Waals surface area contributed by atoms with Gasteiger partial charge in [0, 0.05) is 11.6 Å². The van der Waals surface area contributed by atoms with Gasteiger partial charge < -0.3 is 14.9 Å². The molecule has 2 amide bonds. The third kappa shape index (κ3) is 3.41. The van der Waals surface area contributed by atoms with Gasteiger partial charge in [0.1, 0.15) is 5.75 Å². The maximum absolute atomic E-state index is 13.1. The van der Waals surface area contributed by atoms with Crippen LogP contribution in [0.15, 0.2) is 24.3 Å². The van der Waals surface area contributed by atoms with Gasteiger partial charge in [0.25, 0.3) is 0 Å². The van der Waals surface area contributed by atoms with Gasteiger partial charge in [-0.2, -0.15) is 0 Å². The van der Waals surface area contributed by atoms with E-state index in [4.69, 9.17) is 0 Å². The Morgan fingerprint density at radius 1 is 1.23 bits per heavy atom. The Kier molecular flexibility index (Phi) is 5.10. The molecule has 2 fully saturated rings. The van der Waals surface area contributed by atoms with Crippen LogP contribution in [0.25, 0.3) is 0 Å². The zero-order valence-corrected chi connectivity index (χ0v) is 16.4. The van der Waals surface area contributed by atoms with Crippen LogP contribution in [0.4, 0.5) is 13.2 Å². The number of carbonyl (C=O) groups excluding carboxylic acids is 2. The lowest BCUT2D eigenvalue weighted by Gasteiger charge is -2.34. The van der Waals surface area contributed by atoms with Crippen LogP contribution in [0.5, 0.6) is 5.75 Å². The lowest BCUT2D eigenvalue weighted by atomic mass is 9.79. The van der Waals surface area contributed by atoms with Gasteiger partial charge in [-0.3, -0.25) is 24.6 Å². The second-order valence-corrected chi connectivity index (χ2v) is 8.36. The van der Waals surface area contributed by atoms with Crippen molar-refractivity contribution in [2.75, 3.05) is 6.61 Å². The molecule has 4 atom stereocenters. The van der Waals surface area contributed by atoms with E-state index in [2.05, 4.69) is 10.1 Å². The number of imide groups is 1. The van der Waals surface area contributed by atoms with Crippen molar-refractivity contribution in [2.45, 2.75) is 44.3 Å². The summed E-state index contributed by atoms with van der Waals surface area (Å²) >= 11 is 0. The minimum Gasteiger partial charge on any atom is -0.480 e. The molecule has 2 heterocycles. The van der Waals surface area contributed by atoms with Crippen LogP contribution < -0.4 is 10.1 Å². The van der Waals surface area contributed by atoms with Crippen molar-refractivity contribution >= 4 is 17.8 Å². The molecule has 164 valence electrons. The molecule has 8 nitrogen and oxygen atoms in total. The fourth-order valence-electron chi connectivity index (χ4n) is 4.27. The standard InChI is InChI=1S/C19H21F3N2O6/c1-17(2,3)24-14(26)11-12(15(24)27)18(8-25,16(28)29)23-13(11)9-5-4-6-10(7-9)30-19(20,21)22/h4-7,11-13,23,25H,8H2,1-3H3,(H,28,29). The first-order chi connectivity index (χ1) is 13.7. The zero-order chi connectivity index (χ0) is 22.6. The number of ether oxygens (including phenoxy) is 1. The first-order valence-electron chi connectivity index (χ1n) is 9.08. The average Bonchev–Trinajstić information content (AvgIpc) is 3.08. The van der Waals surface area contributed by atoms with Gasteiger partial charge in [0.15, 0.2) is 5.54 Å². The van der Waals surface area contributed by atoms with E-state index in [1.54, 1.807) is 20.8 Å². The van der Waals surface area contributed by atoms with Crippen LogP contribution in [-0.4, -0.2) is 56.9 Å². The summed E-state index contributed by atoms with van der Waals surface area (Å²) in [5.41, 5.74) is -2.99. The number of hydrogen-bond donors (Lipinski definition) is 3. The lowest BCUT2D eigenvalue weighted by molar-refractivity contribution is -0.274. The van der Waals surface area contributed by atoms with E-state index >= 15 is 0 Å². The molecule has 30 heavy (non-hydrogen) atoms. The summed E-state index contributed by atoms with van der Waals surface area (Å²) in [6.07, 6.45) is -4.94. The second-order valence-electron chi connectivity index (χ2n) is 8.36. The van der Waals surface area contributed by atoms with Crippen LogP contribution in [0.2, 0.25) is 0 Å². The van der Waals surface area contributed by atoms with E-state index in [-0.39, 0.29) is 5.56 Å². The van der Waals surface area contributed by atoms with Crippen LogP contribution in [0.3, 0.4) is 0 Å². The van der Waals surface area contributed by atoms with Gasteiger partial charge in [-0.1, -0.05) is 12.1 Å². The predicted molar refractivity (Wildman–Crippen MR) is 95.0 cm³/mol.